The second-order valence-corrected chi connectivity index (χ2v) is 7.65. The van der Waals surface area contributed by atoms with Crippen LogP contribution in [0.5, 0.6) is 0 Å². The largest absolute Gasteiger partial charge is 0.293 e. The van der Waals surface area contributed by atoms with Gasteiger partial charge < -0.3 is 0 Å². The van der Waals surface area contributed by atoms with Crippen LogP contribution in [0.4, 0.5) is 0 Å². The highest BCUT2D eigenvalue weighted by Crippen LogP contribution is 2.31. The third-order valence-corrected chi connectivity index (χ3v) is 6.18. The van der Waals surface area contributed by atoms with Gasteiger partial charge in [-0.05, 0) is 57.8 Å². The molecule has 0 bridgehead atoms. The molecule has 3 aromatic heterocycles. The van der Waals surface area contributed by atoms with Gasteiger partial charge in [0.25, 0.3) is 0 Å². The van der Waals surface area contributed by atoms with Crippen molar-refractivity contribution in [3.05, 3.63) is 66.7 Å². The fourth-order valence-corrected chi connectivity index (χ4v) is 4.65. The van der Waals surface area contributed by atoms with Gasteiger partial charge in [0.05, 0.1) is 15.7 Å². The maximum absolute atomic E-state index is 12.9. The molecule has 2 nitrogen and oxygen atoms in total. The van der Waals surface area contributed by atoms with Crippen LogP contribution in [0.25, 0.3) is 0 Å². The zero-order chi connectivity index (χ0) is 15.5. The van der Waals surface area contributed by atoms with Gasteiger partial charge in [-0.3, -0.25) is 9.59 Å². The van der Waals surface area contributed by atoms with Crippen molar-refractivity contribution in [2.75, 3.05) is 0 Å². The van der Waals surface area contributed by atoms with Gasteiger partial charge in [0.2, 0.25) is 0 Å². The van der Waals surface area contributed by atoms with Crippen LogP contribution in [0, 0.1) is 6.92 Å². The zero-order valence-electron chi connectivity index (χ0n) is 11.9. The number of thiophene rings is 3. The molecule has 0 amide bonds. The van der Waals surface area contributed by atoms with Crippen molar-refractivity contribution in [2.45, 2.75) is 19.3 Å². The predicted molar refractivity (Wildman–Crippen MR) is 93.7 cm³/mol. The molecule has 0 saturated heterocycles. The van der Waals surface area contributed by atoms with Crippen LogP contribution < -0.4 is 0 Å². The van der Waals surface area contributed by atoms with Crippen LogP contribution in [0.3, 0.4) is 0 Å². The SMILES string of the molecule is Cc1ccsc1C(=O)C(CC(=O)c1cccs1)c1ccsc1. The fourth-order valence-electron chi connectivity index (χ4n) is 2.34. The first-order valence-electron chi connectivity index (χ1n) is 6.84. The van der Waals surface area contributed by atoms with E-state index in [-0.39, 0.29) is 18.0 Å². The average Bonchev–Trinajstić information content (AvgIpc) is 3.24. The van der Waals surface area contributed by atoms with E-state index in [9.17, 15) is 9.59 Å². The molecule has 22 heavy (non-hydrogen) atoms. The van der Waals surface area contributed by atoms with E-state index < -0.39 is 5.92 Å². The first-order chi connectivity index (χ1) is 10.7. The van der Waals surface area contributed by atoms with Gasteiger partial charge in [0.1, 0.15) is 0 Å². The smallest absolute Gasteiger partial charge is 0.180 e. The van der Waals surface area contributed by atoms with E-state index in [1.165, 1.54) is 22.7 Å². The topological polar surface area (TPSA) is 34.1 Å². The average molecular weight is 346 g/mol. The maximum atomic E-state index is 12.9. The van der Waals surface area contributed by atoms with Gasteiger partial charge >= 0.3 is 0 Å². The Balaban J connectivity index is 1.90. The van der Waals surface area contributed by atoms with E-state index in [0.717, 1.165) is 20.9 Å². The van der Waals surface area contributed by atoms with Crippen LogP contribution in [0.15, 0.2) is 45.8 Å². The number of rotatable bonds is 6. The molecule has 0 aliphatic carbocycles. The summed E-state index contributed by atoms with van der Waals surface area (Å²) in [6, 6.07) is 7.57. The summed E-state index contributed by atoms with van der Waals surface area (Å²) in [4.78, 5) is 26.8. The van der Waals surface area contributed by atoms with Gasteiger partial charge in [-0.25, -0.2) is 0 Å². The van der Waals surface area contributed by atoms with Gasteiger partial charge in [-0.15, -0.1) is 22.7 Å². The number of carbonyl (C=O) groups excluding carboxylic acids is 2. The third-order valence-electron chi connectivity index (χ3n) is 3.53. The van der Waals surface area contributed by atoms with Crippen LogP contribution >= 0.6 is 34.0 Å². The van der Waals surface area contributed by atoms with Crippen molar-refractivity contribution >= 4 is 45.6 Å². The van der Waals surface area contributed by atoms with Crippen molar-refractivity contribution in [3.8, 4) is 0 Å². The maximum Gasteiger partial charge on any atom is 0.180 e. The van der Waals surface area contributed by atoms with Gasteiger partial charge in [-0.1, -0.05) is 6.07 Å². The van der Waals surface area contributed by atoms with Crippen molar-refractivity contribution in [2.24, 2.45) is 0 Å². The number of hydrogen-bond acceptors (Lipinski definition) is 5. The molecular formula is C17H14O2S3. The van der Waals surface area contributed by atoms with Crippen molar-refractivity contribution in [1.82, 2.24) is 0 Å². The first kappa shape index (κ1) is 15.3. The molecule has 3 aromatic rings. The number of Topliss-reactive ketones (excluding diaryl/α,β-unsaturated/α-hetero) is 2. The lowest BCUT2D eigenvalue weighted by molar-refractivity contribution is 0.0897. The molecular weight excluding hydrogens is 332 g/mol. The lowest BCUT2D eigenvalue weighted by Gasteiger charge is -2.13. The Morgan fingerprint density at radius 1 is 1.09 bits per heavy atom. The minimum Gasteiger partial charge on any atom is -0.293 e. The van der Waals surface area contributed by atoms with Crippen molar-refractivity contribution in [1.29, 1.82) is 0 Å². The molecule has 3 rings (SSSR count). The molecule has 3 heterocycles. The van der Waals surface area contributed by atoms with E-state index >= 15 is 0 Å². The number of carbonyl (C=O) groups is 2. The summed E-state index contributed by atoms with van der Waals surface area (Å²) in [6.45, 7) is 1.94. The zero-order valence-corrected chi connectivity index (χ0v) is 14.4. The molecule has 0 spiro atoms. The highest BCUT2D eigenvalue weighted by atomic mass is 32.1. The Kier molecular flexibility index (Phi) is 4.66. The molecule has 112 valence electrons. The summed E-state index contributed by atoms with van der Waals surface area (Å²) >= 11 is 4.43. The molecule has 0 aliphatic heterocycles. The number of ketones is 2. The highest BCUT2D eigenvalue weighted by molar-refractivity contribution is 7.12. The minimum absolute atomic E-state index is 0.0359. The van der Waals surface area contributed by atoms with Crippen molar-refractivity contribution < 1.29 is 9.59 Å². The molecule has 0 radical (unpaired) electrons. The second-order valence-electron chi connectivity index (χ2n) is 5.01. The Morgan fingerprint density at radius 2 is 1.95 bits per heavy atom. The van der Waals surface area contributed by atoms with E-state index in [1.54, 1.807) is 11.3 Å². The van der Waals surface area contributed by atoms with E-state index in [2.05, 4.69) is 0 Å². The van der Waals surface area contributed by atoms with Crippen LogP contribution in [0.1, 0.15) is 42.8 Å². The Labute approximate surface area is 141 Å². The predicted octanol–water partition coefficient (Wildman–Crippen LogP) is 5.42. The Morgan fingerprint density at radius 3 is 2.55 bits per heavy atom. The molecule has 5 heteroatoms. The molecule has 0 aromatic carbocycles. The van der Waals surface area contributed by atoms with Crippen molar-refractivity contribution in [3.63, 3.8) is 0 Å². The van der Waals surface area contributed by atoms with E-state index in [1.807, 2.05) is 52.7 Å². The quantitative estimate of drug-likeness (QED) is 0.559. The summed E-state index contributed by atoms with van der Waals surface area (Å²) in [6.07, 6.45) is 0.230. The number of aryl methyl sites for hydroxylation is 1. The Bertz CT molecular complexity index is 767. The van der Waals surface area contributed by atoms with Crippen LogP contribution in [-0.4, -0.2) is 11.6 Å². The molecule has 0 saturated carbocycles. The van der Waals surface area contributed by atoms with E-state index in [0.29, 0.717) is 0 Å². The molecule has 1 atom stereocenters. The summed E-state index contributed by atoms with van der Waals surface area (Å²) in [7, 11) is 0. The van der Waals surface area contributed by atoms with Gasteiger partial charge in [0.15, 0.2) is 11.6 Å². The lowest BCUT2D eigenvalue weighted by Crippen LogP contribution is -2.16. The van der Waals surface area contributed by atoms with E-state index in [4.69, 9.17) is 0 Å². The summed E-state index contributed by atoms with van der Waals surface area (Å²) in [5, 5.41) is 7.73. The normalized spacial score (nSPS) is 12.2. The summed E-state index contributed by atoms with van der Waals surface area (Å²) in [5.74, 6) is -0.303. The molecule has 0 fully saturated rings. The van der Waals surface area contributed by atoms with Gasteiger partial charge in [-0.2, -0.15) is 11.3 Å². The Hall–Kier alpha value is -1.56. The fraction of sp³-hybridized carbons (Fsp3) is 0.176. The highest BCUT2D eigenvalue weighted by Gasteiger charge is 2.27. The lowest BCUT2D eigenvalue weighted by atomic mass is 9.90. The number of hydrogen-bond donors (Lipinski definition) is 0. The van der Waals surface area contributed by atoms with Gasteiger partial charge in [0, 0.05) is 6.42 Å². The van der Waals surface area contributed by atoms with Crippen LogP contribution in [-0.2, 0) is 0 Å². The molecule has 0 N–H and O–H groups in total. The standard InChI is InChI=1S/C17H14O2S3/c1-11-4-8-22-17(11)16(19)13(12-5-7-20-10-12)9-14(18)15-3-2-6-21-15/h2-8,10,13H,9H2,1H3. The molecule has 0 aliphatic rings. The first-order valence-corrected chi connectivity index (χ1v) is 9.54. The monoisotopic (exact) mass is 346 g/mol. The minimum atomic E-state index is -0.391. The molecule has 1 unspecified atom stereocenters. The third kappa shape index (κ3) is 3.11. The summed E-state index contributed by atoms with van der Waals surface area (Å²) < 4.78 is 0. The van der Waals surface area contributed by atoms with Crippen LogP contribution in [0.2, 0.25) is 0 Å². The summed E-state index contributed by atoms with van der Waals surface area (Å²) in [5.41, 5.74) is 1.92. The second kappa shape index (κ2) is 6.69.